The van der Waals surface area contributed by atoms with E-state index in [-0.39, 0.29) is 11.2 Å². The zero-order valence-electron chi connectivity index (χ0n) is 20.3. The minimum atomic E-state index is -1.35. The number of nitrogens with one attached hydrogen (secondary N) is 3. The Morgan fingerprint density at radius 1 is 1.32 bits per heavy atom. The first kappa shape index (κ1) is 23.0. The number of amides is 1. The molecule has 6 rings (SSSR count). The standard InChI is InChI=1S/C24H25FN10O2/c1-13-10-34(12-28-13)17-9-27-22(35-11-14(8-26)29-21(17)35)30-19-7-16(32-33-19)15-3-4-18(20(15)25)37-23(36)31-24(2)5-6-24/h7,9-12,15,18,20H,3-6H2,1-2H3,(H,31,36)(H2,27,30,32,33)/t15-,18-,20-/m0/s1. The van der Waals surface area contributed by atoms with Gasteiger partial charge in [0.05, 0.1) is 24.4 Å². The molecule has 0 bridgehead atoms. The van der Waals surface area contributed by atoms with Crippen LogP contribution in [0.15, 0.2) is 31.0 Å². The topological polar surface area (TPSA) is 151 Å². The summed E-state index contributed by atoms with van der Waals surface area (Å²) in [5.41, 5.74) is 2.62. The fraction of sp³-hybridized carbons (Fsp3) is 0.417. The van der Waals surface area contributed by atoms with Gasteiger partial charge in [-0.15, -0.1) is 0 Å². The van der Waals surface area contributed by atoms with Crippen molar-refractivity contribution in [2.75, 3.05) is 5.32 Å². The molecule has 0 spiro atoms. The molecule has 0 radical (unpaired) electrons. The molecule has 0 aromatic carbocycles. The molecule has 13 heteroatoms. The maximum absolute atomic E-state index is 15.2. The van der Waals surface area contributed by atoms with Crippen molar-refractivity contribution in [3.05, 3.63) is 48.1 Å². The summed E-state index contributed by atoms with van der Waals surface area (Å²) in [4.78, 5) is 25.3. The number of ether oxygens (including phenoxy) is 1. The van der Waals surface area contributed by atoms with Crippen molar-refractivity contribution < 1.29 is 13.9 Å². The van der Waals surface area contributed by atoms with Gasteiger partial charge in [-0.3, -0.25) is 9.50 Å². The lowest BCUT2D eigenvalue weighted by atomic mass is 10.0. The monoisotopic (exact) mass is 504 g/mol. The number of aryl methyl sites for hydroxylation is 1. The predicted molar refractivity (Wildman–Crippen MR) is 129 cm³/mol. The minimum absolute atomic E-state index is 0.219. The summed E-state index contributed by atoms with van der Waals surface area (Å²) in [6.45, 7) is 3.82. The van der Waals surface area contributed by atoms with Crippen molar-refractivity contribution in [1.29, 1.82) is 5.26 Å². The number of alkyl carbamates (subject to hydrolysis) is 1. The summed E-state index contributed by atoms with van der Waals surface area (Å²) in [5.74, 6) is 0.339. The molecule has 0 saturated heterocycles. The molecule has 37 heavy (non-hydrogen) atoms. The number of aromatic nitrogens is 7. The van der Waals surface area contributed by atoms with Gasteiger partial charge < -0.3 is 19.9 Å². The summed E-state index contributed by atoms with van der Waals surface area (Å²) in [7, 11) is 0. The number of alkyl halides is 1. The molecule has 2 aliphatic rings. The van der Waals surface area contributed by atoms with Crippen LogP contribution in [-0.4, -0.2) is 58.0 Å². The van der Waals surface area contributed by atoms with Crippen LogP contribution in [0.3, 0.4) is 0 Å². The van der Waals surface area contributed by atoms with Crippen LogP contribution in [0.25, 0.3) is 11.3 Å². The number of nitrogens with zero attached hydrogens (tertiary/aromatic N) is 7. The quantitative estimate of drug-likeness (QED) is 0.361. The molecule has 2 saturated carbocycles. The molecule has 2 fully saturated rings. The number of H-pyrrole nitrogens is 1. The largest absolute Gasteiger partial charge is 0.443 e. The number of carbonyl (C=O) groups excluding carboxylic acids is 1. The predicted octanol–water partition coefficient (Wildman–Crippen LogP) is 3.42. The molecular weight excluding hydrogens is 479 g/mol. The number of halogens is 1. The van der Waals surface area contributed by atoms with E-state index in [9.17, 15) is 10.1 Å². The average molecular weight is 505 g/mol. The van der Waals surface area contributed by atoms with Crippen LogP contribution in [0.1, 0.15) is 55.6 Å². The maximum atomic E-state index is 15.2. The van der Waals surface area contributed by atoms with E-state index in [1.54, 1.807) is 33.8 Å². The van der Waals surface area contributed by atoms with Gasteiger partial charge in [0.25, 0.3) is 0 Å². The fourth-order valence-corrected chi connectivity index (χ4v) is 4.65. The Balaban J connectivity index is 1.19. The second kappa shape index (κ2) is 8.58. The number of aromatic amines is 1. The van der Waals surface area contributed by atoms with Crippen molar-refractivity contribution in [1.82, 2.24) is 39.4 Å². The van der Waals surface area contributed by atoms with Gasteiger partial charge in [0.15, 0.2) is 17.2 Å². The molecule has 0 aliphatic heterocycles. The molecule has 4 heterocycles. The zero-order valence-corrected chi connectivity index (χ0v) is 20.3. The molecule has 3 N–H and O–H groups in total. The first-order valence-electron chi connectivity index (χ1n) is 12.1. The van der Waals surface area contributed by atoms with E-state index in [0.29, 0.717) is 41.6 Å². The number of anilines is 2. The van der Waals surface area contributed by atoms with Gasteiger partial charge in [0, 0.05) is 29.4 Å². The SMILES string of the molecule is Cc1cn(-c2cnc(Nc3cc([C@@H]4CC[C@H](OC(=O)NC5(C)CC5)[C@H]4F)[nH]n3)n3cc(C#N)nc23)cn1. The highest BCUT2D eigenvalue weighted by molar-refractivity contribution is 5.69. The lowest BCUT2D eigenvalue weighted by Gasteiger charge is -2.19. The van der Waals surface area contributed by atoms with E-state index in [1.165, 1.54) is 0 Å². The fourth-order valence-electron chi connectivity index (χ4n) is 4.65. The second-order valence-electron chi connectivity index (χ2n) is 9.91. The highest BCUT2D eigenvalue weighted by Gasteiger charge is 2.43. The number of rotatable bonds is 6. The van der Waals surface area contributed by atoms with Gasteiger partial charge in [0.2, 0.25) is 5.95 Å². The third kappa shape index (κ3) is 4.35. The van der Waals surface area contributed by atoms with E-state index < -0.39 is 24.3 Å². The summed E-state index contributed by atoms with van der Waals surface area (Å²) < 4.78 is 24.0. The summed E-state index contributed by atoms with van der Waals surface area (Å²) in [6, 6.07) is 3.77. The van der Waals surface area contributed by atoms with Gasteiger partial charge in [-0.05, 0) is 39.5 Å². The van der Waals surface area contributed by atoms with Gasteiger partial charge >= 0.3 is 6.09 Å². The van der Waals surface area contributed by atoms with Crippen molar-refractivity contribution in [3.8, 4) is 11.8 Å². The molecular formula is C24H25FN10O2. The van der Waals surface area contributed by atoms with E-state index in [4.69, 9.17) is 4.74 Å². The number of hydrogen-bond acceptors (Lipinski definition) is 8. The first-order chi connectivity index (χ1) is 17.8. The van der Waals surface area contributed by atoms with Crippen LogP contribution in [0, 0.1) is 18.3 Å². The Morgan fingerprint density at radius 3 is 2.89 bits per heavy atom. The lowest BCUT2D eigenvalue weighted by Crippen LogP contribution is -2.38. The normalized spacial score (nSPS) is 22.1. The average Bonchev–Trinajstić information content (AvgIpc) is 3.36. The van der Waals surface area contributed by atoms with Crippen LogP contribution in [-0.2, 0) is 4.74 Å². The highest BCUT2D eigenvalue weighted by Crippen LogP contribution is 2.39. The Kier molecular flexibility index (Phi) is 5.32. The van der Waals surface area contributed by atoms with Crippen molar-refractivity contribution >= 4 is 23.5 Å². The molecule has 1 amide bonds. The smallest absolute Gasteiger partial charge is 0.407 e. The van der Waals surface area contributed by atoms with Gasteiger partial charge in [-0.1, -0.05) is 0 Å². The zero-order chi connectivity index (χ0) is 25.7. The molecule has 4 aromatic rings. The van der Waals surface area contributed by atoms with E-state index in [0.717, 1.165) is 18.5 Å². The van der Waals surface area contributed by atoms with Crippen LogP contribution in [0.4, 0.5) is 21.0 Å². The minimum Gasteiger partial charge on any atom is -0.443 e. The highest BCUT2D eigenvalue weighted by atomic mass is 19.1. The second-order valence-corrected chi connectivity index (χ2v) is 9.91. The molecule has 4 aromatic heterocycles. The van der Waals surface area contributed by atoms with Crippen LogP contribution in [0.2, 0.25) is 0 Å². The van der Waals surface area contributed by atoms with Crippen LogP contribution >= 0.6 is 0 Å². The number of nitriles is 1. The molecule has 12 nitrogen and oxygen atoms in total. The Morgan fingerprint density at radius 2 is 2.16 bits per heavy atom. The first-order valence-corrected chi connectivity index (χ1v) is 12.1. The molecule has 3 atom stereocenters. The van der Waals surface area contributed by atoms with Crippen LogP contribution in [0.5, 0.6) is 0 Å². The number of imidazole rings is 2. The Labute approximate surface area is 210 Å². The lowest BCUT2D eigenvalue weighted by molar-refractivity contribution is 0.0546. The van der Waals surface area contributed by atoms with E-state index >= 15 is 4.39 Å². The van der Waals surface area contributed by atoms with Crippen molar-refractivity contribution in [2.45, 2.75) is 63.3 Å². The molecule has 2 aliphatic carbocycles. The van der Waals surface area contributed by atoms with E-state index in [1.807, 2.05) is 20.0 Å². The Bertz CT molecular complexity index is 1530. The summed E-state index contributed by atoms with van der Waals surface area (Å²) in [6.07, 6.45) is 6.75. The Hall–Kier alpha value is -4.47. The number of carbonyl (C=O) groups is 1. The van der Waals surface area contributed by atoms with Gasteiger partial charge in [-0.25, -0.2) is 24.1 Å². The molecule has 190 valence electrons. The number of fused-ring (bicyclic) bond motifs is 1. The van der Waals surface area contributed by atoms with Crippen molar-refractivity contribution in [2.24, 2.45) is 0 Å². The van der Waals surface area contributed by atoms with Crippen molar-refractivity contribution in [3.63, 3.8) is 0 Å². The summed E-state index contributed by atoms with van der Waals surface area (Å²) >= 11 is 0. The third-order valence-electron chi connectivity index (χ3n) is 6.98. The maximum Gasteiger partial charge on any atom is 0.407 e. The third-order valence-corrected chi connectivity index (χ3v) is 6.98. The summed E-state index contributed by atoms with van der Waals surface area (Å²) in [5, 5.41) is 22.5. The van der Waals surface area contributed by atoms with Gasteiger partial charge in [0.1, 0.15) is 24.0 Å². The van der Waals surface area contributed by atoms with Crippen LogP contribution < -0.4 is 10.6 Å². The van der Waals surface area contributed by atoms with Gasteiger partial charge in [-0.2, -0.15) is 10.4 Å². The van der Waals surface area contributed by atoms with E-state index in [2.05, 4.69) is 41.9 Å². The number of hydrogen-bond donors (Lipinski definition) is 3. The molecule has 0 unspecified atom stereocenters.